The third-order valence-corrected chi connectivity index (χ3v) is 4.65. The van der Waals surface area contributed by atoms with E-state index in [0.717, 1.165) is 24.0 Å². The summed E-state index contributed by atoms with van der Waals surface area (Å²) in [7, 11) is 0. The number of fused-ring (bicyclic) bond motifs is 1. The number of carbonyl (C=O) groups excluding carboxylic acids is 1. The Hall–Kier alpha value is -1.15. The number of benzene rings is 1. The Kier molecular flexibility index (Phi) is 3.58. The highest BCUT2D eigenvalue weighted by atomic mass is 16.3. The molecule has 18 heavy (non-hydrogen) atoms. The van der Waals surface area contributed by atoms with Crippen LogP contribution in [0.3, 0.4) is 0 Å². The zero-order valence-electron chi connectivity index (χ0n) is 11.8. The lowest BCUT2D eigenvalue weighted by atomic mass is 9.75. The molecule has 0 spiro atoms. The van der Waals surface area contributed by atoms with Gasteiger partial charge in [0, 0.05) is 18.1 Å². The Morgan fingerprint density at radius 3 is 2.28 bits per heavy atom. The summed E-state index contributed by atoms with van der Waals surface area (Å²) in [4.78, 5) is 12.5. The highest BCUT2D eigenvalue weighted by Gasteiger charge is 2.30. The van der Waals surface area contributed by atoms with Crippen LogP contribution < -0.4 is 0 Å². The molecule has 0 fully saturated rings. The van der Waals surface area contributed by atoms with E-state index in [1.165, 1.54) is 22.3 Å². The molecule has 0 saturated carbocycles. The molecule has 0 aromatic heterocycles. The maximum Gasteiger partial charge on any atom is 0.166 e. The number of Topliss-reactive ketones (excluding diaryl/α,β-unsaturated/α-hetero) is 1. The second-order valence-corrected chi connectivity index (χ2v) is 5.47. The highest BCUT2D eigenvalue weighted by Crippen LogP contribution is 2.35. The Morgan fingerprint density at radius 1 is 1.06 bits per heavy atom. The van der Waals surface area contributed by atoms with E-state index in [1.54, 1.807) is 0 Å². The van der Waals surface area contributed by atoms with Gasteiger partial charge in [-0.05, 0) is 74.8 Å². The van der Waals surface area contributed by atoms with E-state index in [0.29, 0.717) is 6.42 Å². The number of hydrogen-bond donors (Lipinski definition) is 1. The molecule has 1 aromatic carbocycles. The van der Waals surface area contributed by atoms with E-state index in [4.69, 9.17) is 5.11 Å². The van der Waals surface area contributed by atoms with Crippen molar-refractivity contribution in [3.8, 4) is 0 Å². The minimum Gasteiger partial charge on any atom is -0.396 e. The van der Waals surface area contributed by atoms with Crippen molar-refractivity contribution in [2.75, 3.05) is 6.61 Å². The van der Waals surface area contributed by atoms with Gasteiger partial charge >= 0.3 is 0 Å². The Balaban J connectivity index is 2.58. The molecule has 0 bridgehead atoms. The predicted octanol–water partition coefficient (Wildman–Crippen LogP) is 3.05. The fraction of sp³-hybridized carbons (Fsp3) is 0.562. The van der Waals surface area contributed by atoms with Crippen molar-refractivity contribution in [1.82, 2.24) is 0 Å². The van der Waals surface area contributed by atoms with Crippen LogP contribution in [0.15, 0.2) is 0 Å². The molecule has 0 saturated heterocycles. The van der Waals surface area contributed by atoms with Gasteiger partial charge < -0.3 is 5.11 Å². The quantitative estimate of drug-likeness (QED) is 0.871. The number of carbonyl (C=O) groups is 1. The zero-order chi connectivity index (χ0) is 13.4. The molecule has 1 aromatic rings. The van der Waals surface area contributed by atoms with Gasteiger partial charge in [-0.1, -0.05) is 0 Å². The summed E-state index contributed by atoms with van der Waals surface area (Å²) < 4.78 is 0. The average Bonchev–Trinajstić information content (AvgIpc) is 2.36. The van der Waals surface area contributed by atoms with Crippen LogP contribution in [0.1, 0.15) is 51.0 Å². The first kappa shape index (κ1) is 13.3. The van der Waals surface area contributed by atoms with Crippen molar-refractivity contribution in [2.24, 2.45) is 5.92 Å². The third-order valence-electron chi connectivity index (χ3n) is 4.65. The summed E-state index contributed by atoms with van der Waals surface area (Å²) >= 11 is 0. The second-order valence-electron chi connectivity index (χ2n) is 5.47. The number of rotatable bonds is 2. The van der Waals surface area contributed by atoms with Crippen LogP contribution in [0, 0.1) is 33.6 Å². The fourth-order valence-electron chi connectivity index (χ4n) is 3.12. The molecule has 2 heteroatoms. The molecular weight excluding hydrogens is 224 g/mol. The molecule has 1 unspecified atom stereocenters. The summed E-state index contributed by atoms with van der Waals surface area (Å²) in [6, 6.07) is 0. The molecule has 0 aliphatic heterocycles. The largest absolute Gasteiger partial charge is 0.396 e. The summed E-state index contributed by atoms with van der Waals surface area (Å²) in [5.74, 6) is 0.261. The first-order chi connectivity index (χ1) is 8.49. The van der Waals surface area contributed by atoms with Crippen LogP contribution in [-0.4, -0.2) is 17.5 Å². The van der Waals surface area contributed by atoms with E-state index in [9.17, 15) is 4.79 Å². The molecule has 0 radical (unpaired) electrons. The van der Waals surface area contributed by atoms with E-state index < -0.39 is 0 Å². The summed E-state index contributed by atoms with van der Waals surface area (Å²) in [5.41, 5.74) is 7.17. The van der Waals surface area contributed by atoms with E-state index >= 15 is 0 Å². The van der Waals surface area contributed by atoms with Gasteiger partial charge in [0.25, 0.3) is 0 Å². The summed E-state index contributed by atoms with van der Waals surface area (Å²) in [6.07, 6.45) is 2.46. The van der Waals surface area contributed by atoms with Crippen LogP contribution in [0.5, 0.6) is 0 Å². The molecular formula is C16H22O2. The number of aliphatic hydroxyl groups excluding tert-OH is 1. The lowest BCUT2D eigenvalue weighted by molar-refractivity contribution is 0.0874. The molecule has 1 atom stereocenters. The predicted molar refractivity (Wildman–Crippen MR) is 73.2 cm³/mol. The smallest absolute Gasteiger partial charge is 0.166 e. The number of aliphatic hydroxyl groups is 1. The Morgan fingerprint density at radius 2 is 1.67 bits per heavy atom. The van der Waals surface area contributed by atoms with Crippen molar-refractivity contribution in [1.29, 1.82) is 0 Å². The van der Waals surface area contributed by atoms with Crippen LogP contribution in [0.25, 0.3) is 0 Å². The van der Waals surface area contributed by atoms with Gasteiger partial charge in [0.2, 0.25) is 0 Å². The minimum atomic E-state index is 0.0164. The normalized spacial score (nSPS) is 18.9. The minimum absolute atomic E-state index is 0.0164. The SMILES string of the molecule is Cc1c(C)c(C)c2c(c1C)CCC(CCO)C2=O. The molecule has 0 heterocycles. The first-order valence-electron chi connectivity index (χ1n) is 6.73. The van der Waals surface area contributed by atoms with Gasteiger partial charge in [-0.15, -0.1) is 0 Å². The topological polar surface area (TPSA) is 37.3 Å². The van der Waals surface area contributed by atoms with E-state index in [1.807, 2.05) is 0 Å². The van der Waals surface area contributed by atoms with Crippen molar-refractivity contribution >= 4 is 5.78 Å². The Bertz CT molecular complexity index is 501. The third kappa shape index (κ3) is 1.89. The van der Waals surface area contributed by atoms with Gasteiger partial charge in [-0.3, -0.25) is 4.79 Å². The molecule has 1 N–H and O–H groups in total. The maximum atomic E-state index is 12.5. The summed E-state index contributed by atoms with van der Waals surface area (Å²) in [5, 5.41) is 9.05. The summed E-state index contributed by atoms with van der Waals surface area (Å²) in [6.45, 7) is 8.53. The van der Waals surface area contributed by atoms with Crippen molar-refractivity contribution in [3.05, 3.63) is 33.4 Å². The van der Waals surface area contributed by atoms with E-state index in [2.05, 4.69) is 27.7 Å². The van der Waals surface area contributed by atoms with Crippen molar-refractivity contribution in [3.63, 3.8) is 0 Å². The second kappa shape index (κ2) is 4.85. The molecule has 1 aliphatic carbocycles. The zero-order valence-corrected chi connectivity index (χ0v) is 11.8. The van der Waals surface area contributed by atoms with Crippen LogP contribution in [0.2, 0.25) is 0 Å². The highest BCUT2D eigenvalue weighted by molar-refractivity contribution is 6.02. The van der Waals surface area contributed by atoms with Gasteiger partial charge in [-0.2, -0.15) is 0 Å². The maximum absolute atomic E-state index is 12.5. The first-order valence-corrected chi connectivity index (χ1v) is 6.73. The lowest BCUT2D eigenvalue weighted by Gasteiger charge is -2.28. The van der Waals surface area contributed by atoms with Gasteiger partial charge in [-0.25, -0.2) is 0 Å². The lowest BCUT2D eigenvalue weighted by Crippen LogP contribution is -2.26. The molecule has 98 valence electrons. The van der Waals surface area contributed by atoms with Crippen molar-refractivity contribution in [2.45, 2.75) is 47.0 Å². The van der Waals surface area contributed by atoms with Gasteiger partial charge in [0.15, 0.2) is 5.78 Å². The average molecular weight is 246 g/mol. The van der Waals surface area contributed by atoms with Crippen molar-refractivity contribution < 1.29 is 9.90 Å². The monoisotopic (exact) mass is 246 g/mol. The van der Waals surface area contributed by atoms with E-state index in [-0.39, 0.29) is 18.3 Å². The van der Waals surface area contributed by atoms with Gasteiger partial charge in [0.1, 0.15) is 0 Å². The standard InChI is InChI=1S/C16H22O2/c1-9-10(2)12(4)15-14(11(9)3)6-5-13(7-8-17)16(15)18/h13,17H,5-8H2,1-4H3. The van der Waals surface area contributed by atoms with Gasteiger partial charge in [0.05, 0.1) is 0 Å². The molecule has 1 aliphatic rings. The number of hydrogen-bond acceptors (Lipinski definition) is 2. The number of ketones is 1. The fourth-order valence-corrected chi connectivity index (χ4v) is 3.12. The molecule has 2 nitrogen and oxygen atoms in total. The molecule has 0 amide bonds. The Labute approximate surface area is 109 Å². The molecule has 2 rings (SSSR count). The van der Waals surface area contributed by atoms with Crippen LogP contribution >= 0.6 is 0 Å². The van der Waals surface area contributed by atoms with Crippen LogP contribution in [0.4, 0.5) is 0 Å². The van der Waals surface area contributed by atoms with Crippen LogP contribution in [-0.2, 0) is 6.42 Å².